The Hall–Kier alpha value is -1.00. The molecule has 0 aliphatic carbocycles. The van der Waals surface area contributed by atoms with Crippen LogP contribution in [0.2, 0.25) is 0 Å². The minimum atomic E-state index is -0.0213. The molecule has 0 spiro atoms. The highest BCUT2D eigenvalue weighted by Crippen LogP contribution is 2.22. The third-order valence-electron chi connectivity index (χ3n) is 3.53. The first-order valence-corrected chi connectivity index (χ1v) is 7.92. The summed E-state index contributed by atoms with van der Waals surface area (Å²) in [5, 5.41) is 3.42. The molecule has 2 rings (SSSR count). The van der Waals surface area contributed by atoms with Gasteiger partial charge in [0.25, 0.3) is 5.91 Å². The van der Waals surface area contributed by atoms with Gasteiger partial charge in [0, 0.05) is 43.2 Å². The van der Waals surface area contributed by atoms with Crippen LogP contribution in [0.1, 0.15) is 29.3 Å². The van der Waals surface area contributed by atoms with Gasteiger partial charge in [-0.3, -0.25) is 9.69 Å². The fourth-order valence-electron chi connectivity index (χ4n) is 2.34. The number of hydrogen-bond acceptors (Lipinski definition) is 3. The van der Waals surface area contributed by atoms with Gasteiger partial charge in [0.05, 0.1) is 0 Å². The zero-order valence-electron chi connectivity index (χ0n) is 11.7. The van der Waals surface area contributed by atoms with Crippen molar-refractivity contribution in [3.8, 4) is 0 Å². The van der Waals surface area contributed by atoms with E-state index in [0.29, 0.717) is 0 Å². The molecular weight excluding hydrogens is 256 g/mol. The summed E-state index contributed by atoms with van der Waals surface area (Å²) < 4.78 is 0. The maximum Gasteiger partial charge on any atom is 0.251 e. The molecule has 1 aromatic rings. The Morgan fingerprint density at radius 3 is 2.79 bits per heavy atom. The minimum Gasteiger partial charge on any atom is -0.355 e. The van der Waals surface area contributed by atoms with Crippen LogP contribution in [0.3, 0.4) is 0 Å². The van der Waals surface area contributed by atoms with E-state index in [2.05, 4.69) is 41.0 Å². The molecule has 4 heteroatoms. The highest BCUT2D eigenvalue weighted by atomic mass is 32.2. The maximum atomic E-state index is 11.5. The molecular formula is C15H22N2OS. The van der Waals surface area contributed by atoms with Crippen molar-refractivity contribution >= 4 is 17.7 Å². The Bertz CT molecular complexity index is 419. The average Bonchev–Trinajstić information content (AvgIpc) is 2.47. The van der Waals surface area contributed by atoms with Gasteiger partial charge in [0.15, 0.2) is 0 Å². The third-order valence-corrected chi connectivity index (χ3v) is 4.90. The fourth-order valence-corrected chi connectivity index (χ4v) is 3.58. The summed E-state index contributed by atoms with van der Waals surface area (Å²) in [5.41, 5.74) is 2.02. The van der Waals surface area contributed by atoms with Gasteiger partial charge in [0.1, 0.15) is 0 Å². The number of nitrogens with one attached hydrogen (secondary N) is 1. The molecule has 0 radical (unpaired) electrons. The van der Waals surface area contributed by atoms with E-state index in [1.54, 1.807) is 7.05 Å². The molecule has 1 atom stereocenters. The van der Waals surface area contributed by atoms with Crippen LogP contribution < -0.4 is 5.32 Å². The Balaban J connectivity index is 1.94. The van der Waals surface area contributed by atoms with E-state index in [4.69, 9.17) is 0 Å². The molecule has 0 unspecified atom stereocenters. The molecule has 0 bridgehead atoms. The molecule has 19 heavy (non-hydrogen) atoms. The van der Waals surface area contributed by atoms with Crippen molar-refractivity contribution in [3.63, 3.8) is 0 Å². The largest absolute Gasteiger partial charge is 0.355 e. The number of rotatable bonds is 4. The smallest absolute Gasteiger partial charge is 0.251 e. The molecule has 104 valence electrons. The van der Waals surface area contributed by atoms with Crippen molar-refractivity contribution in [3.05, 3.63) is 35.4 Å². The molecule has 1 aromatic carbocycles. The van der Waals surface area contributed by atoms with E-state index in [-0.39, 0.29) is 5.91 Å². The molecule has 1 aliphatic rings. The molecule has 0 saturated carbocycles. The van der Waals surface area contributed by atoms with E-state index in [0.717, 1.165) is 17.4 Å². The van der Waals surface area contributed by atoms with Crippen LogP contribution in [0.25, 0.3) is 0 Å². The Labute approximate surface area is 119 Å². The van der Waals surface area contributed by atoms with Crippen molar-refractivity contribution in [1.82, 2.24) is 10.2 Å². The summed E-state index contributed by atoms with van der Waals surface area (Å²) in [7, 11) is 1.66. The van der Waals surface area contributed by atoms with Crippen LogP contribution in [0.4, 0.5) is 0 Å². The number of thioether (sulfide) groups is 1. The van der Waals surface area contributed by atoms with Crippen molar-refractivity contribution < 1.29 is 4.79 Å². The SMILES string of the molecule is CC[C@H]1CN(Cc2ccc(C(=O)NC)cc2)CCS1. The third kappa shape index (κ3) is 3.98. The number of nitrogens with zero attached hydrogens (tertiary/aromatic N) is 1. The van der Waals surface area contributed by atoms with Crippen molar-refractivity contribution in [2.75, 3.05) is 25.9 Å². The van der Waals surface area contributed by atoms with Gasteiger partial charge >= 0.3 is 0 Å². The monoisotopic (exact) mass is 278 g/mol. The summed E-state index contributed by atoms with van der Waals surface area (Å²) >= 11 is 2.09. The predicted molar refractivity (Wildman–Crippen MR) is 81.6 cm³/mol. The zero-order chi connectivity index (χ0) is 13.7. The van der Waals surface area contributed by atoms with Gasteiger partial charge in [-0.2, -0.15) is 11.8 Å². The molecule has 0 aromatic heterocycles. The van der Waals surface area contributed by atoms with Crippen LogP contribution in [-0.4, -0.2) is 41.9 Å². The van der Waals surface area contributed by atoms with Crippen molar-refractivity contribution in [2.45, 2.75) is 25.1 Å². The van der Waals surface area contributed by atoms with Crippen LogP contribution in [0, 0.1) is 0 Å². The standard InChI is InChI=1S/C15H22N2OS/c1-3-14-11-17(8-9-19-14)10-12-4-6-13(7-5-12)15(18)16-2/h4-7,14H,3,8-11H2,1-2H3,(H,16,18)/t14-/m0/s1. The van der Waals surface area contributed by atoms with Gasteiger partial charge < -0.3 is 5.32 Å². The maximum absolute atomic E-state index is 11.5. The Morgan fingerprint density at radius 1 is 1.42 bits per heavy atom. The average molecular weight is 278 g/mol. The molecule has 1 saturated heterocycles. The van der Waals surface area contributed by atoms with Gasteiger partial charge in [-0.05, 0) is 24.1 Å². The Kier molecular flexibility index (Phi) is 5.28. The summed E-state index contributed by atoms with van der Waals surface area (Å²) in [6, 6.07) is 7.94. The highest BCUT2D eigenvalue weighted by molar-refractivity contribution is 8.00. The van der Waals surface area contributed by atoms with Crippen LogP contribution >= 0.6 is 11.8 Å². The Morgan fingerprint density at radius 2 is 2.16 bits per heavy atom. The van der Waals surface area contributed by atoms with Crippen LogP contribution in [0.15, 0.2) is 24.3 Å². The summed E-state index contributed by atoms with van der Waals surface area (Å²) in [5.74, 6) is 1.21. The fraction of sp³-hybridized carbons (Fsp3) is 0.533. The van der Waals surface area contributed by atoms with Gasteiger partial charge in [-0.15, -0.1) is 0 Å². The normalized spacial score (nSPS) is 20.2. The second kappa shape index (κ2) is 6.96. The second-order valence-corrected chi connectivity index (χ2v) is 6.32. The lowest BCUT2D eigenvalue weighted by Gasteiger charge is -2.31. The number of carbonyl (C=O) groups is 1. The first kappa shape index (κ1) is 14.4. The van der Waals surface area contributed by atoms with Gasteiger partial charge in [0.2, 0.25) is 0 Å². The first-order chi connectivity index (χ1) is 9.22. The lowest BCUT2D eigenvalue weighted by atomic mass is 10.1. The van der Waals surface area contributed by atoms with Crippen LogP contribution in [0.5, 0.6) is 0 Å². The zero-order valence-corrected chi connectivity index (χ0v) is 12.5. The van der Waals surface area contributed by atoms with E-state index in [9.17, 15) is 4.79 Å². The topological polar surface area (TPSA) is 32.3 Å². The summed E-state index contributed by atoms with van der Waals surface area (Å²) in [4.78, 5) is 14.0. The number of benzene rings is 1. The number of hydrogen-bond donors (Lipinski definition) is 1. The number of amides is 1. The van der Waals surface area contributed by atoms with E-state index < -0.39 is 0 Å². The van der Waals surface area contributed by atoms with E-state index >= 15 is 0 Å². The van der Waals surface area contributed by atoms with Gasteiger partial charge in [-0.25, -0.2) is 0 Å². The molecule has 3 nitrogen and oxygen atoms in total. The van der Waals surface area contributed by atoms with E-state index in [1.165, 1.54) is 30.8 Å². The lowest BCUT2D eigenvalue weighted by Crippen LogP contribution is -2.37. The quantitative estimate of drug-likeness (QED) is 0.918. The summed E-state index contributed by atoms with van der Waals surface area (Å²) in [6.45, 7) is 5.60. The predicted octanol–water partition coefficient (Wildman–Crippen LogP) is 2.37. The molecule has 1 aliphatic heterocycles. The molecule has 1 fully saturated rings. The second-order valence-electron chi connectivity index (χ2n) is 4.91. The van der Waals surface area contributed by atoms with Crippen molar-refractivity contribution in [1.29, 1.82) is 0 Å². The first-order valence-electron chi connectivity index (χ1n) is 6.88. The van der Waals surface area contributed by atoms with Gasteiger partial charge in [-0.1, -0.05) is 19.1 Å². The lowest BCUT2D eigenvalue weighted by molar-refractivity contribution is 0.0963. The number of carbonyl (C=O) groups excluding carboxylic acids is 1. The van der Waals surface area contributed by atoms with E-state index in [1.807, 2.05) is 12.1 Å². The summed E-state index contributed by atoms with van der Waals surface area (Å²) in [6.07, 6.45) is 1.25. The van der Waals surface area contributed by atoms with Crippen molar-refractivity contribution in [2.24, 2.45) is 0 Å². The molecule has 1 N–H and O–H groups in total. The minimum absolute atomic E-state index is 0.0213. The highest BCUT2D eigenvalue weighted by Gasteiger charge is 2.18. The molecule has 1 amide bonds. The molecule has 1 heterocycles. The van der Waals surface area contributed by atoms with Crippen LogP contribution in [-0.2, 0) is 6.54 Å².